The second-order valence-corrected chi connectivity index (χ2v) is 10.4. The molecule has 0 N–H and O–H groups in total. The highest BCUT2D eigenvalue weighted by Crippen LogP contribution is 2.32. The number of Topliss-reactive ketones (excluding diaryl/α,β-unsaturated/α-hetero) is 1. The lowest BCUT2D eigenvalue weighted by molar-refractivity contribution is -0.137. The van der Waals surface area contributed by atoms with E-state index in [0.717, 1.165) is 35.4 Å². The summed E-state index contributed by atoms with van der Waals surface area (Å²) in [6.45, 7) is 0.222. The number of nitrogens with zero attached hydrogens (tertiary/aromatic N) is 1. The van der Waals surface area contributed by atoms with E-state index in [2.05, 4.69) is 0 Å². The molecule has 35 heavy (non-hydrogen) atoms. The summed E-state index contributed by atoms with van der Waals surface area (Å²) in [5.41, 5.74) is 1.45. The van der Waals surface area contributed by atoms with Crippen molar-refractivity contribution in [2.75, 3.05) is 6.54 Å². The number of aryl methyl sites for hydroxylation is 1. The molecule has 0 spiro atoms. The first kappa shape index (κ1) is 25.1. The first-order valence-corrected chi connectivity index (χ1v) is 12.6. The van der Waals surface area contributed by atoms with E-state index in [4.69, 9.17) is 0 Å². The number of rotatable bonds is 7. The Morgan fingerprint density at radius 3 is 2.29 bits per heavy atom. The maximum Gasteiger partial charge on any atom is 0.416 e. The number of sulfonamides is 1. The van der Waals surface area contributed by atoms with Gasteiger partial charge in [-0.15, -0.1) is 0 Å². The second kappa shape index (κ2) is 9.91. The molecule has 0 aromatic heterocycles. The molecule has 1 aliphatic rings. The highest BCUT2D eigenvalue weighted by molar-refractivity contribution is 7.89. The van der Waals surface area contributed by atoms with Crippen LogP contribution in [0.1, 0.15) is 30.4 Å². The van der Waals surface area contributed by atoms with Crippen molar-refractivity contribution in [1.29, 1.82) is 0 Å². The number of halogens is 4. The van der Waals surface area contributed by atoms with E-state index >= 15 is 0 Å². The number of ketones is 1. The Kier molecular flexibility index (Phi) is 7.10. The van der Waals surface area contributed by atoms with E-state index in [-0.39, 0.29) is 23.6 Å². The van der Waals surface area contributed by atoms with Gasteiger partial charge in [-0.1, -0.05) is 36.4 Å². The smallest absolute Gasteiger partial charge is 0.298 e. The van der Waals surface area contributed by atoms with Gasteiger partial charge in [-0.2, -0.15) is 17.5 Å². The summed E-state index contributed by atoms with van der Waals surface area (Å²) in [7, 11) is -3.92. The van der Waals surface area contributed by atoms with Crippen LogP contribution in [0, 0.1) is 5.82 Å². The van der Waals surface area contributed by atoms with E-state index in [1.54, 1.807) is 12.1 Å². The molecule has 0 unspecified atom stereocenters. The molecule has 4 nitrogen and oxygen atoms in total. The molecule has 0 bridgehead atoms. The van der Waals surface area contributed by atoms with Crippen LogP contribution in [0.25, 0.3) is 11.1 Å². The van der Waals surface area contributed by atoms with Crippen molar-refractivity contribution in [1.82, 2.24) is 4.31 Å². The fraction of sp³-hybridized carbons (Fsp3) is 0.269. The van der Waals surface area contributed by atoms with Gasteiger partial charge in [0, 0.05) is 13.0 Å². The summed E-state index contributed by atoms with van der Waals surface area (Å²) < 4.78 is 78.9. The highest BCUT2D eigenvalue weighted by Gasteiger charge is 2.38. The molecule has 0 saturated carbocycles. The van der Waals surface area contributed by atoms with E-state index < -0.39 is 33.6 Å². The van der Waals surface area contributed by atoms with E-state index in [1.165, 1.54) is 28.6 Å². The van der Waals surface area contributed by atoms with Crippen LogP contribution in [0.15, 0.2) is 77.7 Å². The summed E-state index contributed by atoms with van der Waals surface area (Å²) in [6.07, 6.45) is -2.94. The van der Waals surface area contributed by atoms with Crippen molar-refractivity contribution in [2.45, 2.75) is 42.8 Å². The molecular weight excluding hydrogens is 482 g/mol. The van der Waals surface area contributed by atoms with Crippen LogP contribution >= 0.6 is 0 Å². The van der Waals surface area contributed by atoms with Gasteiger partial charge in [0.25, 0.3) is 0 Å². The van der Waals surface area contributed by atoms with Gasteiger partial charge < -0.3 is 0 Å². The molecular formula is C26H23F4NO3S. The largest absolute Gasteiger partial charge is 0.416 e. The second-order valence-electron chi connectivity index (χ2n) is 8.47. The monoisotopic (exact) mass is 505 g/mol. The third-order valence-electron chi connectivity index (χ3n) is 6.13. The first-order valence-electron chi connectivity index (χ1n) is 11.1. The molecule has 0 amide bonds. The molecule has 1 aliphatic heterocycles. The average Bonchev–Trinajstić information content (AvgIpc) is 3.34. The zero-order chi connectivity index (χ0) is 25.2. The van der Waals surface area contributed by atoms with Crippen molar-refractivity contribution in [3.63, 3.8) is 0 Å². The van der Waals surface area contributed by atoms with Gasteiger partial charge >= 0.3 is 6.18 Å². The van der Waals surface area contributed by atoms with Crippen molar-refractivity contribution in [3.05, 3.63) is 89.7 Å². The summed E-state index contributed by atoms with van der Waals surface area (Å²) in [6, 6.07) is 15.8. The summed E-state index contributed by atoms with van der Waals surface area (Å²) >= 11 is 0. The van der Waals surface area contributed by atoms with Crippen LogP contribution in [-0.4, -0.2) is 31.1 Å². The minimum atomic E-state index is -4.40. The number of benzene rings is 3. The maximum absolute atomic E-state index is 13.2. The number of alkyl halides is 3. The van der Waals surface area contributed by atoms with Gasteiger partial charge in [-0.25, -0.2) is 12.8 Å². The lowest BCUT2D eigenvalue weighted by Crippen LogP contribution is -2.40. The molecule has 1 fully saturated rings. The lowest BCUT2D eigenvalue weighted by Gasteiger charge is -2.23. The highest BCUT2D eigenvalue weighted by atomic mass is 32.2. The Balaban J connectivity index is 1.44. The fourth-order valence-corrected chi connectivity index (χ4v) is 5.96. The third kappa shape index (κ3) is 5.62. The molecule has 1 saturated heterocycles. The Bertz CT molecular complexity index is 1300. The first-order chi connectivity index (χ1) is 16.6. The Hall–Kier alpha value is -3.04. The van der Waals surface area contributed by atoms with E-state index in [0.29, 0.717) is 24.8 Å². The molecule has 0 radical (unpaired) electrons. The average molecular weight is 506 g/mol. The third-order valence-corrected chi connectivity index (χ3v) is 8.05. The quantitative estimate of drug-likeness (QED) is 0.378. The van der Waals surface area contributed by atoms with Crippen molar-refractivity contribution in [3.8, 4) is 11.1 Å². The number of hydrogen-bond acceptors (Lipinski definition) is 3. The van der Waals surface area contributed by atoms with Crippen molar-refractivity contribution in [2.24, 2.45) is 0 Å². The van der Waals surface area contributed by atoms with Gasteiger partial charge in [0.05, 0.1) is 16.5 Å². The molecule has 0 aliphatic carbocycles. The Morgan fingerprint density at radius 2 is 1.63 bits per heavy atom. The SMILES string of the molecule is O=C(CCc1cccc(-c2ccc(C(F)(F)F)cc2)c1)[C@@H]1CCCN1S(=O)(=O)c1ccc(F)cc1. The normalized spacial score (nSPS) is 17.0. The minimum absolute atomic E-state index is 0.0529. The van der Waals surface area contributed by atoms with Crippen LogP contribution < -0.4 is 0 Å². The van der Waals surface area contributed by atoms with Gasteiger partial charge in [-0.05, 0) is 72.4 Å². The summed E-state index contributed by atoms with van der Waals surface area (Å²) in [4.78, 5) is 12.9. The molecule has 1 atom stereocenters. The van der Waals surface area contributed by atoms with Gasteiger partial charge in [0.15, 0.2) is 5.78 Å². The molecule has 184 valence electrons. The Morgan fingerprint density at radius 1 is 0.943 bits per heavy atom. The summed E-state index contributed by atoms with van der Waals surface area (Å²) in [5, 5.41) is 0. The van der Waals surface area contributed by atoms with Crippen molar-refractivity contribution >= 4 is 15.8 Å². The zero-order valence-electron chi connectivity index (χ0n) is 18.6. The molecule has 3 aromatic rings. The fourth-order valence-electron chi connectivity index (χ4n) is 4.28. The van der Waals surface area contributed by atoms with E-state index in [9.17, 15) is 30.8 Å². The number of carbonyl (C=O) groups is 1. The topological polar surface area (TPSA) is 54.5 Å². The zero-order valence-corrected chi connectivity index (χ0v) is 19.4. The predicted molar refractivity (Wildman–Crippen MR) is 124 cm³/mol. The number of hydrogen-bond donors (Lipinski definition) is 0. The summed E-state index contributed by atoms with van der Waals surface area (Å²) in [5.74, 6) is -0.746. The standard InChI is InChI=1S/C26H23F4NO3S/c27-22-11-13-23(14-12-22)35(33,34)31-16-2-5-24(31)25(32)15-6-18-3-1-4-20(17-18)19-7-9-21(10-8-19)26(28,29)30/h1,3-4,7-14,17,24H,2,5-6,15-16H2/t24-/m0/s1. The lowest BCUT2D eigenvalue weighted by atomic mass is 9.98. The van der Waals surface area contributed by atoms with Gasteiger partial charge in [0.2, 0.25) is 10.0 Å². The van der Waals surface area contributed by atoms with Crippen LogP contribution in [-0.2, 0) is 27.4 Å². The maximum atomic E-state index is 13.2. The molecule has 3 aromatic carbocycles. The molecule has 9 heteroatoms. The minimum Gasteiger partial charge on any atom is -0.298 e. The van der Waals surface area contributed by atoms with Crippen LogP contribution in [0.5, 0.6) is 0 Å². The van der Waals surface area contributed by atoms with Crippen LogP contribution in [0.3, 0.4) is 0 Å². The van der Waals surface area contributed by atoms with Gasteiger partial charge in [-0.3, -0.25) is 4.79 Å². The van der Waals surface area contributed by atoms with Crippen LogP contribution in [0.4, 0.5) is 17.6 Å². The van der Waals surface area contributed by atoms with Crippen LogP contribution in [0.2, 0.25) is 0 Å². The van der Waals surface area contributed by atoms with Crippen molar-refractivity contribution < 1.29 is 30.8 Å². The molecule has 4 rings (SSSR count). The predicted octanol–water partition coefficient (Wildman–Crippen LogP) is 5.87. The number of carbonyl (C=O) groups excluding carboxylic acids is 1. The van der Waals surface area contributed by atoms with E-state index in [1.807, 2.05) is 12.1 Å². The van der Waals surface area contributed by atoms with Gasteiger partial charge in [0.1, 0.15) is 5.82 Å². The Labute approximate surface area is 201 Å². The molecule has 1 heterocycles.